The summed E-state index contributed by atoms with van der Waals surface area (Å²) < 4.78 is 10.8. The highest BCUT2D eigenvalue weighted by Crippen LogP contribution is 2.00. The van der Waals surface area contributed by atoms with E-state index in [1.165, 1.54) is 0 Å². The molecule has 1 aromatic rings. The maximum atomic E-state index is 5.39. The first kappa shape index (κ1) is 13.8. The minimum atomic E-state index is 0.439. The molecule has 0 aliphatic heterocycles. The Morgan fingerprint density at radius 1 is 1.18 bits per heavy atom. The average molecular weight is 240 g/mol. The van der Waals surface area contributed by atoms with Gasteiger partial charge in [-0.05, 0) is 6.42 Å². The molecule has 96 valence electrons. The van der Waals surface area contributed by atoms with Crippen LogP contribution >= 0.6 is 0 Å². The second-order valence-corrected chi connectivity index (χ2v) is 3.56. The van der Waals surface area contributed by atoms with Crippen molar-refractivity contribution in [2.24, 2.45) is 5.84 Å². The van der Waals surface area contributed by atoms with E-state index >= 15 is 0 Å². The van der Waals surface area contributed by atoms with Crippen LogP contribution in [0.15, 0.2) is 12.4 Å². The minimum Gasteiger partial charge on any atom is -0.379 e. The van der Waals surface area contributed by atoms with Gasteiger partial charge in [-0.1, -0.05) is 13.3 Å². The van der Waals surface area contributed by atoms with Crippen LogP contribution in [0.2, 0.25) is 0 Å². The third kappa shape index (κ3) is 6.15. The number of hydrazine groups is 1. The number of nitrogens with one attached hydrogen (secondary N) is 1. The zero-order chi connectivity index (χ0) is 12.3. The molecule has 0 aromatic carbocycles. The van der Waals surface area contributed by atoms with E-state index in [9.17, 15) is 0 Å². The summed E-state index contributed by atoms with van der Waals surface area (Å²) in [5.74, 6) is 5.72. The van der Waals surface area contributed by atoms with Crippen LogP contribution in [-0.4, -0.2) is 29.8 Å². The molecule has 3 N–H and O–H groups in total. The lowest BCUT2D eigenvalue weighted by molar-refractivity contribution is 0.0385. The van der Waals surface area contributed by atoms with Crippen molar-refractivity contribution in [2.45, 2.75) is 26.4 Å². The van der Waals surface area contributed by atoms with Crippen molar-refractivity contribution in [1.82, 2.24) is 9.97 Å². The predicted octanol–water partition coefficient (Wildman–Crippen LogP) is 1.10. The van der Waals surface area contributed by atoms with Gasteiger partial charge in [-0.3, -0.25) is 4.98 Å². The molecule has 1 heterocycles. The average Bonchev–Trinajstić information content (AvgIpc) is 2.38. The fourth-order valence-electron chi connectivity index (χ4n) is 1.15. The minimum absolute atomic E-state index is 0.439. The highest BCUT2D eigenvalue weighted by Gasteiger charge is 1.96. The summed E-state index contributed by atoms with van der Waals surface area (Å²) in [6.07, 6.45) is 5.45. The highest BCUT2D eigenvalue weighted by molar-refractivity contribution is 5.28. The van der Waals surface area contributed by atoms with Gasteiger partial charge in [0, 0.05) is 6.61 Å². The van der Waals surface area contributed by atoms with Crippen molar-refractivity contribution in [3.05, 3.63) is 18.1 Å². The van der Waals surface area contributed by atoms with Gasteiger partial charge in [-0.15, -0.1) is 0 Å². The Labute approximate surface area is 102 Å². The zero-order valence-electron chi connectivity index (χ0n) is 10.2. The van der Waals surface area contributed by atoms with E-state index in [4.69, 9.17) is 15.3 Å². The van der Waals surface area contributed by atoms with Gasteiger partial charge in [0.25, 0.3) is 0 Å². The maximum absolute atomic E-state index is 5.39. The van der Waals surface area contributed by atoms with Crippen LogP contribution in [0.25, 0.3) is 0 Å². The van der Waals surface area contributed by atoms with E-state index in [1.54, 1.807) is 12.4 Å². The van der Waals surface area contributed by atoms with Gasteiger partial charge < -0.3 is 14.9 Å². The molecule has 0 spiro atoms. The molecule has 0 aliphatic carbocycles. The molecule has 0 atom stereocenters. The summed E-state index contributed by atoms with van der Waals surface area (Å²) in [5.41, 5.74) is 3.19. The molecule has 0 amide bonds. The number of unbranched alkanes of at least 4 members (excludes halogenated alkanes) is 1. The molecule has 0 bridgehead atoms. The first-order valence-electron chi connectivity index (χ1n) is 5.79. The highest BCUT2D eigenvalue weighted by atomic mass is 16.5. The van der Waals surface area contributed by atoms with Crippen molar-refractivity contribution in [3.8, 4) is 0 Å². The Balaban J connectivity index is 2.05. The number of anilines is 1. The number of hydrogen-bond acceptors (Lipinski definition) is 6. The number of rotatable bonds is 9. The van der Waals surface area contributed by atoms with E-state index in [-0.39, 0.29) is 0 Å². The van der Waals surface area contributed by atoms with Crippen molar-refractivity contribution >= 4 is 5.82 Å². The van der Waals surface area contributed by atoms with Gasteiger partial charge in [0.05, 0.1) is 37.9 Å². The normalized spacial score (nSPS) is 10.5. The Kier molecular flexibility index (Phi) is 7.20. The molecule has 0 aliphatic rings. The summed E-state index contributed by atoms with van der Waals surface area (Å²) in [6, 6.07) is 0. The number of nitrogens with zero attached hydrogens (tertiary/aromatic N) is 2. The number of ether oxygens (including phenoxy) is 2. The van der Waals surface area contributed by atoms with Crippen LogP contribution in [0.4, 0.5) is 5.82 Å². The molecule has 1 rings (SSSR count). The first-order chi connectivity index (χ1) is 8.36. The van der Waals surface area contributed by atoms with Crippen LogP contribution in [0, 0.1) is 0 Å². The molecule has 6 nitrogen and oxygen atoms in total. The Hall–Kier alpha value is -1.24. The van der Waals surface area contributed by atoms with Crippen LogP contribution in [0.1, 0.15) is 25.5 Å². The largest absolute Gasteiger partial charge is 0.379 e. The molecule has 0 unspecified atom stereocenters. The SMILES string of the molecule is CCCCOCCOCc1cnc(NN)cn1. The lowest BCUT2D eigenvalue weighted by Crippen LogP contribution is -2.10. The van der Waals surface area contributed by atoms with Crippen LogP contribution in [-0.2, 0) is 16.1 Å². The zero-order valence-corrected chi connectivity index (χ0v) is 10.2. The predicted molar refractivity (Wildman–Crippen MR) is 65.2 cm³/mol. The van der Waals surface area contributed by atoms with Crippen LogP contribution < -0.4 is 11.3 Å². The maximum Gasteiger partial charge on any atom is 0.158 e. The fourth-order valence-corrected chi connectivity index (χ4v) is 1.15. The van der Waals surface area contributed by atoms with E-state index < -0.39 is 0 Å². The van der Waals surface area contributed by atoms with Gasteiger partial charge in [0.2, 0.25) is 0 Å². The number of aromatic nitrogens is 2. The standard InChI is InChI=1S/C11H20N4O2/c1-2-3-4-16-5-6-17-9-10-7-14-11(15-12)8-13-10/h7-8H,2-6,9,12H2,1H3,(H,14,15). The summed E-state index contributed by atoms with van der Waals surface area (Å²) in [4.78, 5) is 8.15. The first-order valence-corrected chi connectivity index (χ1v) is 5.79. The third-order valence-electron chi connectivity index (χ3n) is 2.12. The molecule has 17 heavy (non-hydrogen) atoms. The number of nitrogen functional groups attached to an aromatic ring is 1. The monoisotopic (exact) mass is 240 g/mol. The number of nitrogens with two attached hydrogens (primary N) is 1. The van der Waals surface area contributed by atoms with Gasteiger partial charge in [-0.25, -0.2) is 10.8 Å². The summed E-state index contributed by atoms with van der Waals surface area (Å²) in [7, 11) is 0. The smallest absolute Gasteiger partial charge is 0.158 e. The molecular formula is C11H20N4O2. The molecule has 0 saturated heterocycles. The van der Waals surface area contributed by atoms with Gasteiger partial charge >= 0.3 is 0 Å². The Morgan fingerprint density at radius 2 is 2.00 bits per heavy atom. The quantitative estimate of drug-likeness (QED) is 0.382. The van der Waals surface area contributed by atoms with Crippen LogP contribution in [0.3, 0.4) is 0 Å². The molecule has 0 saturated carbocycles. The van der Waals surface area contributed by atoms with E-state index in [1.807, 2.05) is 0 Å². The van der Waals surface area contributed by atoms with E-state index in [2.05, 4.69) is 22.3 Å². The van der Waals surface area contributed by atoms with Gasteiger partial charge in [0.1, 0.15) is 0 Å². The number of hydrogen-bond donors (Lipinski definition) is 2. The van der Waals surface area contributed by atoms with Crippen molar-refractivity contribution in [2.75, 3.05) is 25.2 Å². The molecule has 6 heteroatoms. The second-order valence-electron chi connectivity index (χ2n) is 3.56. The molecule has 0 fully saturated rings. The van der Waals surface area contributed by atoms with E-state index in [0.717, 1.165) is 25.1 Å². The summed E-state index contributed by atoms with van der Waals surface area (Å²) >= 11 is 0. The summed E-state index contributed by atoms with van der Waals surface area (Å²) in [5, 5.41) is 0. The lowest BCUT2D eigenvalue weighted by Gasteiger charge is -2.05. The van der Waals surface area contributed by atoms with Crippen LogP contribution in [0.5, 0.6) is 0 Å². The van der Waals surface area contributed by atoms with E-state index in [0.29, 0.717) is 25.6 Å². The molecular weight excluding hydrogens is 220 g/mol. The van der Waals surface area contributed by atoms with Crippen molar-refractivity contribution in [1.29, 1.82) is 0 Å². The third-order valence-corrected chi connectivity index (χ3v) is 2.12. The topological polar surface area (TPSA) is 82.3 Å². The van der Waals surface area contributed by atoms with Gasteiger partial charge in [-0.2, -0.15) is 0 Å². The Morgan fingerprint density at radius 3 is 2.65 bits per heavy atom. The Bertz CT molecular complexity index is 292. The summed E-state index contributed by atoms with van der Waals surface area (Å²) in [6.45, 7) is 4.57. The van der Waals surface area contributed by atoms with Crippen molar-refractivity contribution in [3.63, 3.8) is 0 Å². The molecule has 1 aromatic heterocycles. The second kappa shape index (κ2) is 8.86. The fraction of sp³-hybridized carbons (Fsp3) is 0.636. The lowest BCUT2D eigenvalue weighted by atomic mass is 10.4. The molecule has 0 radical (unpaired) electrons. The van der Waals surface area contributed by atoms with Gasteiger partial charge in [0.15, 0.2) is 5.82 Å². The van der Waals surface area contributed by atoms with Crippen molar-refractivity contribution < 1.29 is 9.47 Å².